The number of nitrogens with one attached hydrogen (secondary N) is 1. The molecule has 1 unspecified atom stereocenters. The lowest BCUT2D eigenvalue weighted by Gasteiger charge is -2.34. The lowest BCUT2D eigenvalue weighted by atomic mass is 9.98. The standard InChI is InChI=1S/C19H29N3O4.HI/c1-5-26-18(23)15-9-7-11-22(13-15)19(20-2)21-12-14-8-6-10-16(24-3)17(14)25-4;/h6,8,10,15H,5,7,9,11-13H2,1-4H3,(H,20,21);1H. The predicted octanol–water partition coefficient (Wildman–Crippen LogP) is 2.67. The molecule has 2 rings (SSSR count). The topological polar surface area (TPSA) is 72.4 Å². The van der Waals surface area contributed by atoms with E-state index in [1.807, 2.05) is 25.1 Å². The molecule has 27 heavy (non-hydrogen) atoms. The van der Waals surface area contributed by atoms with Gasteiger partial charge in [-0.15, -0.1) is 24.0 Å². The smallest absolute Gasteiger partial charge is 0.310 e. The van der Waals surface area contributed by atoms with Crippen LogP contribution in [0.1, 0.15) is 25.3 Å². The summed E-state index contributed by atoms with van der Waals surface area (Å²) in [5.74, 6) is 1.95. The van der Waals surface area contributed by atoms with Gasteiger partial charge in [-0.25, -0.2) is 0 Å². The van der Waals surface area contributed by atoms with Crippen LogP contribution in [0.4, 0.5) is 0 Å². The number of piperidine rings is 1. The second-order valence-corrected chi connectivity index (χ2v) is 6.09. The fourth-order valence-electron chi connectivity index (χ4n) is 3.22. The monoisotopic (exact) mass is 491 g/mol. The molecule has 1 fully saturated rings. The number of carbonyl (C=O) groups excluding carboxylic acids is 1. The first-order valence-electron chi connectivity index (χ1n) is 8.96. The SMILES string of the molecule is CCOC(=O)C1CCCN(C(=NC)NCc2cccc(OC)c2OC)C1.I. The highest BCUT2D eigenvalue weighted by atomic mass is 127. The van der Waals surface area contributed by atoms with E-state index < -0.39 is 0 Å². The molecule has 0 aromatic heterocycles. The van der Waals surface area contributed by atoms with E-state index >= 15 is 0 Å². The number of hydrogen-bond acceptors (Lipinski definition) is 5. The molecule has 1 heterocycles. The quantitative estimate of drug-likeness (QED) is 0.286. The fraction of sp³-hybridized carbons (Fsp3) is 0.579. The molecule has 1 atom stereocenters. The Hall–Kier alpha value is -1.71. The van der Waals surface area contributed by atoms with Crippen LogP contribution in [-0.4, -0.2) is 57.8 Å². The summed E-state index contributed by atoms with van der Waals surface area (Å²) in [6.45, 7) is 4.28. The lowest BCUT2D eigenvalue weighted by Crippen LogP contribution is -2.48. The van der Waals surface area contributed by atoms with Crippen LogP contribution < -0.4 is 14.8 Å². The highest BCUT2D eigenvalue weighted by Gasteiger charge is 2.28. The van der Waals surface area contributed by atoms with Crippen molar-refractivity contribution in [3.8, 4) is 11.5 Å². The summed E-state index contributed by atoms with van der Waals surface area (Å²) >= 11 is 0. The largest absolute Gasteiger partial charge is 0.493 e. The first kappa shape index (κ1) is 23.3. The van der Waals surface area contributed by atoms with E-state index in [-0.39, 0.29) is 35.9 Å². The summed E-state index contributed by atoms with van der Waals surface area (Å²) in [5.41, 5.74) is 0.979. The van der Waals surface area contributed by atoms with Crippen molar-refractivity contribution in [2.24, 2.45) is 10.9 Å². The summed E-state index contributed by atoms with van der Waals surface area (Å²) in [4.78, 5) is 18.5. The molecule has 8 heteroatoms. The Labute approximate surface area is 178 Å². The molecule has 1 aromatic rings. The Balaban J connectivity index is 0.00000364. The molecule has 1 aliphatic rings. The van der Waals surface area contributed by atoms with Crippen molar-refractivity contribution in [2.75, 3.05) is 41.0 Å². The third kappa shape index (κ3) is 6.15. The number of ether oxygens (including phenoxy) is 3. The van der Waals surface area contributed by atoms with Gasteiger partial charge in [0.1, 0.15) is 0 Å². The zero-order valence-electron chi connectivity index (χ0n) is 16.5. The maximum absolute atomic E-state index is 12.0. The zero-order valence-corrected chi connectivity index (χ0v) is 18.8. The molecular weight excluding hydrogens is 461 g/mol. The van der Waals surface area contributed by atoms with Crippen LogP contribution >= 0.6 is 24.0 Å². The predicted molar refractivity (Wildman–Crippen MR) is 116 cm³/mol. The van der Waals surface area contributed by atoms with Crippen LogP contribution in [0.2, 0.25) is 0 Å². The van der Waals surface area contributed by atoms with Gasteiger partial charge in [0.2, 0.25) is 0 Å². The van der Waals surface area contributed by atoms with Gasteiger partial charge in [-0.3, -0.25) is 9.79 Å². The van der Waals surface area contributed by atoms with E-state index in [9.17, 15) is 4.79 Å². The molecule has 0 amide bonds. The number of esters is 1. The molecule has 152 valence electrons. The Kier molecular flexibility index (Phi) is 10.3. The van der Waals surface area contributed by atoms with Crippen molar-refractivity contribution in [1.29, 1.82) is 0 Å². The van der Waals surface area contributed by atoms with Crippen molar-refractivity contribution in [1.82, 2.24) is 10.2 Å². The number of carbonyl (C=O) groups is 1. The van der Waals surface area contributed by atoms with E-state index in [2.05, 4.69) is 15.2 Å². The number of benzene rings is 1. The fourth-order valence-corrected chi connectivity index (χ4v) is 3.22. The summed E-state index contributed by atoms with van der Waals surface area (Å²) in [7, 11) is 5.00. The average Bonchev–Trinajstić information content (AvgIpc) is 2.68. The Morgan fingerprint density at radius 3 is 2.74 bits per heavy atom. The number of nitrogens with zero attached hydrogens (tertiary/aromatic N) is 2. The van der Waals surface area contributed by atoms with Gasteiger partial charge in [-0.1, -0.05) is 12.1 Å². The first-order chi connectivity index (χ1) is 12.6. The van der Waals surface area contributed by atoms with E-state index in [1.54, 1.807) is 21.3 Å². The molecule has 0 spiro atoms. The summed E-state index contributed by atoms with van der Waals surface area (Å²) in [5, 5.41) is 3.36. The van der Waals surface area contributed by atoms with E-state index in [0.717, 1.165) is 30.9 Å². The summed E-state index contributed by atoms with van der Waals surface area (Å²) < 4.78 is 16.0. The van der Waals surface area contributed by atoms with Crippen LogP contribution in [0, 0.1) is 5.92 Å². The van der Waals surface area contributed by atoms with Crippen molar-refractivity contribution in [2.45, 2.75) is 26.3 Å². The minimum absolute atomic E-state index is 0. The van der Waals surface area contributed by atoms with Crippen LogP contribution in [0.15, 0.2) is 23.2 Å². The molecule has 0 saturated carbocycles. The molecule has 1 saturated heterocycles. The van der Waals surface area contributed by atoms with Gasteiger partial charge in [0, 0.05) is 32.2 Å². The Morgan fingerprint density at radius 2 is 2.11 bits per heavy atom. The molecule has 1 aromatic carbocycles. The maximum atomic E-state index is 12.0. The van der Waals surface area contributed by atoms with Crippen molar-refractivity contribution >= 4 is 35.9 Å². The number of halogens is 1. The van der Waals surface area contributed by atoms with Gasteiger partial charge in [0.05, 0.1) is 26.7 Å². The summed E-state index contributed by atoms with van der Waals surface area (Å²) in [6.07, 6.45) is 1.79. The number of methoxy groups -OCH3 is 2. The van der Waals surface area contributed by atoms with Gasteiger partial charge >= 0.3 is 5.97 Å². The van der Waals surface area contributed by atoms with Gasteiger partial charge in [0.25, 0.3) is 0 Å². The highest BCUT2D eigenvalue weighted by molar-refractivity contribution is 14.0. The van der Waals surface area contributed by atoms with Gasteiger partial charge < -0.3 is 24.4 Å². The minimum atomic E-state index is -0.123. The molecule has 0 radical (unpaired) electrons. The van der Waals surface area contributed by atoms with E-state index in [1.165, 1.54) is 0 Å². The number of para-hydroxylation sites is 1. The molecule has 7 nitrogen and oxygen atoms in total. The third-order valence-electron chi connectivity index (χ3n) is 4.47. The number of aliphatic imine (C=N–C) groups is 1. The normalized spacial score (nSPS) is 17.0. The van der Waals surface area contributed by atoms with Gasteiger partial charge in [-0.05, 0) is 25.8 Å². The number of likely N-dealkylation sites (tertiary alicyclic amines) is 1. The van der Waals surface area contributed by atoms with Crippen LogP contribution in [-0.2, 0) is 16.1 Å². The molecule has 0 bridgehead atoms. The van der Waals surface area contributed by atoms with Crippen LogP contribution in [0.25, 0.3) is 0 Å². The summed E-state index contributed by atoms with van der Waals surface area (Å²) in [6, 6.07) is 5.78. The molecule has 1 N–H and O–H groups in total. The van der Waals surface area contributed by atoms with Crippen molar-refractivity contribution in [3.63, 3.8) is 0 Å². The van der Waals surface area contributed by atoms with Crippen LogP contribution in [0.5, 0.6) is 11.5 Å². The van der Waals surface area contributed by atoms with Crippen LogP contribution in [0.3, 0.4) is 0 Å². The number of guanidine groups is 1. The van der Waals surface area contributed by atoms with Gasteiger partial charge in [0.15, 0.2) is 17.5 Å². The third-order valence-corrected chi connectivity index (χ3v) is 4.47. The Morgan fingerprint density at radius 1 is 1.33 bits per heavy atom. The highest BCUT2D eigenvalue weighted by Crippen LogP contribution is 2.30. The average molecular weight is 491 g/mol. The second-order valence-electron chi connectivity index (χ2n) is 6.09. The molecule has 1 aliphatic heterocycles. The molecule has 0 aliphatic carbocycles. The van der Waals surface area contributed by atoms with E-state index in [4.69, 9.17) is 14.2 Å². The Bertz CT molecular complexity index is 639. The maximum Gasteiger partial charge on any atom is 0.310 e. The molecular formula is C19H30IN3O4. The van der Waals surface area contributed by atoms with Crippen molar-refractivity contribution in [3.05, 3.63) is 23.8 Å². The number of hydrogen-bond donors (Lipinski definition) is 1. The first-order valence-corrected chi connectivity index (χ1v) is 8.96. The number of rotatable bonds is 6. The second kappa shape index (κ2) is 11.9. The zero-order chi connectivity index (χ0) is 18.9. The lowest BCUT2D eigenvalue weighted by molar-refractivity contribution is -0.149. The minimum Gasteiger partial charge on any atom is -0.493 e. The van der Waals surface area contributed by atoms with Gasteiger partial charge in [-0.2, -0.15) is 0 Å². The van der Waals surface area contributed by atoms with Crippen molar-refractivity contribution < 1.29 is 19.0 Å². The van der Waals surface area contributed by atoms with E-state index in [0.29, 0.717) is 31.2 Å².